The molecule has 6 nitrogen and oxygen atoms in total. The Balaban J connectivity index is 1.56. The standard InChI is InChI=1S/C19H25N5O/c1-15(2)22-18-12-17(20-14-21-18)19(25)24-10-8-23(9-11-24)13-16-6-4-3-5-7-16/h3-7,12,14-15H,8-11,13H2,1-2H3,(H,20,21,22). The highest BCUT2D eigenvalue weighted by Gasteiger charge is 2.23. The van der Waals surface area contributed by atoms with Crippen molar-refractivity contribution < 1.29 is 4.79 Å². The molecule has 0 radical (unpaired) electrons. The van der Waals surface area contributed by atoms with Crippen LogP contribution in [0.3, 0.4) is 0 Å². The van der Waals surface area contributed by atoms with E-state index < -0.39 is 0 Å². The molecule has 6 heteroatoms. The van der Waals surface area contributed by atoms with E-state index in [-0.39, 0.29) is 11.9 Å². The highest BCUT2D eigenvalue weighted by atomic mass is 16.2. The Hall–Kier alpha value is -2.47. The van der Waals surface area contributed by atoms with Gasteiger partial charge in [-0.3, -0.25) is 9.69 Å². The van der Waals surface area contributed by atoms with Gasteiger partial charge in [-0.2, -0.15) is 0 Å². The summed E-state index contributed by atoms with van der Waals surface area (Å²) in [4.78, 5) is 25.3. The molecule has 0 bridgehead atoms. The van der Waals surface area contributed by atoms with Gasteiger partial charge in [0, 0.05) is 44.8 Å². The fraction of sp³-hybridized carbons (Fsp3) is 0.421. The van der Waals surface area contributed by atoms with Crippen LogP contribution in [-0.4, -0.2) is 57.9 Å². The Labute approximate surface area is 148 Å². The molecule has 1 fully saturated rings. The fourth-order valence-corrected chi connectivity index (χ4v) is 2.96. The SMILES string of the molecule is CC(C)Nc1cc(C(=O)N2CCN(Cc3ccccc3)CC2)ncn1. The Bertz CT molecular complexity index is 696. The number of carbonyl (C=O) groups excluding carboxylic acids is 1. The van der Waals surface area contributed by atoms with Gasteiger partial charge in [0.2, 0.25) is 0 Å². The van der Waals surface area contributed by atoms with Gasteiger partial charge in [0.1, 0.15) is 17.8 Å². The van der Waals surface area contributed by atoms with E-state index in [9.17, 15) is 4.79 Å². The predicted molar refractivity (Wildman–Crippen MR) is 98.4 cm³/mol. The summed E-state index contributed by atoms with van der Waals surface area (Å²) in [5.41, 5.74) is 1.76. The van der Waals surface area contributed by atoms with Crippen molar-refractivity contribution >= 4 is 11.7 Å². The molecule has 0 atom stereocenters. The van der Waals surface area contributed by atoms with Crippen LogP contribution in [0.15, 0.2) is 42.7 Å². The van der Waals surface area contributed by atoms with E-state index in [1.807, 2.05) is 24.8 Å². The van der Waals surface area contributed by atoms with Gasteiger partial charge in [0.15, 0.2) is 0 Å². The van der Waals surface area contributed by atoms with Crippen LogP contribution in [0.25, 0.3) is 0 Å². The van der Waals surface area contributed by atoms with Gasteiger partial charge in [-0.15, -0.1) is 0 Å². The van der Waals surface area contributed by atoms with Crippen molar-refractivity contribution in [1.82, 2.24) is 19.8 Å². The predicted octanol–water partition coefficient (Wildman–Crippen LogP) is 2.25. The van der Waals surface area contributed by atoms with E-state index in [0.29, 0.717) is 11.5 Å². The minimum Gasteiger partial charge on any atom is -0.368 e. The van der Waals surface area contributed by atoms with Crippen LogP contribution in [0.2, 0.25) is 0 Å². The van der Waals surface area contributed by atoms with Crippen molar-refractivity contribution in [3.05, 3.63) is 54.0 Å². The lowest BCUT2D eigenvalue weighted by Gasteiger charge is -2.34. The lowest BCUT2D eigenvalue weighted by atomic mass is 10.2. The number of hydrogen-bond acceptors (Lipinski definition) is 5. The number of benzene rings is 1. The number of anilines is 1. The monoisotopic (exact) mass is 339 g/mol. The number of carbonyl (C=O) groups is 1. The van der Waals surface area contributed by atoms with Gasteiger partial charge in [-0.1, -0.05) is 30.3 Å². The largest absolute Gasteiger partial charge is 0.368 e. The van der Waals surface area contributed by atoms with Gasteiger partial charge < -0.3 is 10.2 Å². The molecule has 1 N–H and O–H groups in total. The smallest absolute Gasteiger partial charge is 0.272 e. The lowest BCUT2D eigenvalue weighted by molar-refractivity contribution is 0.0622. The molecule has 0 unspecified atom stereocenters. The first-order valence-corrected chi connectivity index (χ1v) is 8.76. The number of aromatic nitrogens is 2. The number of hydrogen-bond donors (Lipinski definition) is 1. The lowest BCUT2D eigenvalue weighted by Crippen LogP contribution is -2.48. The number of nitrogens with zero attached hydrogens (tertiary/aromatic N) is 4. The topological polar surface area (TPSA) is 61.4 Å². The number of rotatable bonds is 5. The summed E-state index contributed by atoms with van der Waals surface area (Å²) in [7, 11) is 0. The Morgan fingerprint density at radius 2 is 1.84 bits per heavy atom. The quantitative estimate of drug-likeness (QED) is 0.905. The average Bonchev–Trinajstić information content (AvgIpc) is 2.62. The van der Waals surface area contributed by atoms with E-state index in [0.717, 1.165) is 32.7 Å². The molecule has 132 valence electrons. The summed E-state index contributed by atoms with van der Waals surface area (Å²) in [6.45, 7) is 8.21. The average molecular weight is 339 g/mol. The van der Waals surface area contributed by atoms with Crippen LogP contribution in [0.1, 0.15) is 29.9 Å². The van der Waals surface area contributed by atoms with Crippen molar-refractivity contribution in [2.75, 3.05) is 31.5 Å². The molecular formula is C19H25N5O. The van der Waals surface area contributed by atoms with Gasteiger partial charge in [0.25, 0.3) is 5.91 Å². The zero-order chi connectivity index (χ0) is 17.6. The first kappa shape index (κ1) is 17.4. The van der Waals surface area contributed by atoms with E-state index in [2.05, 4.69) is 44.5 Å². The van der Waals surface area contributed by atoms with E-state index in [4.69, 9.17) is 0 Å². The maximum absolute atomic E-state index is 12.7. The molecule has 3 rings (SSSR count). The summed E-state index contributed by atoms with van der Waals surface area (Å²) in [6.07, 6.45) is 1.45. The first-order valence-electron chi connectivity index (χ1n) is 8.76. The molecule has 1 aromatic carbocycles. The minimum absolute atomic E-state index is 0.0198. The Morgan fingerprint density at radius 3 is 2.52 bits per heavy atom. The van der Waals surface area contributed by atoms with Crippen molar-refractivity contribution in [3.63, 3.8) is 0 Å². The summed E-state index contributed by atoms with van der Waals surface area (Å²) in [6, 6.07) is 12.4. The fourth-order valence-electron chi connectivity index (χ4n) is 2.96. The molecule has 0 spiro atoms. The zero-order valence-corrected chi connectivity index (χ0v) is 14.9. The molecule has 2 aromatic rings. The van der Waals surface area contributed by atoms with Crippen LogP contribution >= 0.6 is 0 Å². The van der Waals surface area contributed by atoms with Crippen LogP contribution in [-0.2, 0) is 6.54 Å². The van der Waals surface area contributed by atoms with Crippen LogP contribution < -0.4 is 5.32 Å². The molecule has 0 saturated carbocycles. The molecule has 2 heterocycles. The molecule has 1 amide bonds. The summed E-state index contributed by atoms with van der Waals surface area (Å²) in [5.74, 6) is 0.671. The second-order valence-electron chi connectivity index (χ2n) is 6.64. The zero-order valence-electron chi connectivity index (χ0n) is 14.9. The van der Waals surface area contributed by atoms with Crippen molar-refractivity contribution in [2.24, 2.45) is 0 Å². The summed E-state index contributed by atoms with van der Waals surface area (Å²) < 4.78 is 0. The number of piperazine rings is 1. The highest BCUT2D eigenvalue weighted by molar-refractivity contribution is 5.93. The van der Waals surface area contributed by atoms with Crippen molar-refractivity contribution in [2.45, 2.75) is 26.4 Å². The third-order valence-corrected chi connectivity index (χ3v) is 4.23. The molecule has 1 aromatic heterocycles. The van der Waals surface area contributed by atoms with Crippen LogP contribution in [0.4, 0.5) is 5.82 Å². The second-order valence-corrected chi connectivity index (χ2v) is 6.64. The Kier molecular flexibility index (Phi) is 5.60. The summed E-state index contributed by atoms with van der Waals surface area (Å²) >= 11 is 0. The van der Waals surface area contributed by atoms with Crippen molar-refractivity contribution in [3.8, 4) is 0 Å². The maximum Gasteiger partial charge on any atom is 0.272 e. The molecule has 1 saturated heterocycles. The van der Waals surface area contributed by atoms with Gasteiger partial charge in [-0.25, -0.2) is 9.97 Å². The number of amides is 1. The van der Waals surface area contributed by atoms with Gasteiger partial charge in [-0.05, 0) is 19.4 Å². The first-order chi connectivity index (χ1) is 12.1. The number of nitrogens with one attached hydrogen (secondary N) is 1. The normalized spacial score (nSPS) is 15.4. The second kappa shape index (κ2) is 8.07. The Morgan fingerprint density at radius 1 is 1.12 bits per heavy atom. The minimum atomic E-state index is -0.0198. The van der Waals surface area contributed by atoms with E-state index in [1.54, 1.807) is 6.07 Å². The third-order valence-electron chi connectivity index (χ3n) is 4.23. The van der Waals surface area contributed by atoms with Crippen LogP contribution in [0.5, 0.6) is 0 Å². The molecular weight excluding hydrogens is 314 g/mol. The highest BCUT2D eigenvalue weighted by Crippen LogP contribution is 2.12. The molecule has 1 aliphatic rings. The molecule has 0 aliphatic carbocycles. The van der Waals surface area contributed by atoms with Crippen molar-refractivity contribution in [1.29, 1.82) is 0 Å². The van der Waals surface area contributed by atoms with Crippen LogP contribution in [0, 0.1) is 0 Å². The van der Waals surface area contributed by atoms with E-state index in [1.165, 1.54) is 11.9 Å². The van der Waals surface area contributed by atoms with E-state index >= 15 is 0 Å². The maximum atomic E-state index is 12.7. The molecule has 25 heavy (non-hydrogen) atoms. The van der Waals surface area contributed by atoms with Gasteiger partial charge in [0.05, 0.1) is 0 Å². The molecule has 1 aliphatic heterocycles. The third kappa shape index (κ3) is 4.76. The van der Waals surface area contributed by atoms with Gasteiger partial charge >= 0.3 is 0 Å². The summed E-state index contributed by atoms with van der Waals surface area (Å²) in [5, 5.41) is 3.21.